The van der Waals surface area contributed by atoms with Gasteiger partial charge in [0.25, 0.3) is 0 Å². The second kappa shape index (κ2) is 7.20. The van der Waals surface area contributed by atoms with Crippen molar-refractivity contribution in [3.63, 3.8) is 0 Å². The standard InChI is InChI=1S/C19H17P.HI/c20-19(16-10-4-1-5-11-16,17-12-6-2-7-13-17)18-14-8-3-9-15-18;/h1-15H,20H2;1H/p-1. The van der Waals surface area contributed by atoms with E-state index < -0.39 is 0 Å². The molecule has 3 rings (SSSR count). The quantitative estimate of drug-likeness (QED) is 0.356. The maximum atomic E-state index is 3.06. The van der Waals surface area contributed by atoms with E-state index in [9.17, 15) is 0 Å². The van der Waals surface area contributed by atoms with Crippen molar-refractivity contribution in [1.29, 1.82) is 0 Å². The van der Waals surface area contributed by atoms with Crippen LogP contribution in [-0.2, 0) is 5.16 Å². The number of hydrogen-bond donors (Lipinski definition) is 0. The number of benzene rings is 3. The van der Waals surface area contributed by atoms with E-state index in [-0.39, 0.29) is 29.1 Å². The summed E-state index contributed by atoms with van der Waals surface area (Å²) in [5.74, 6) is 0. The molecule has 106 valence electrons. The van der Waals surface area contributed by atoms with Gasteiger partial charge in [0, 0.05) is 0 Å². The van der Waals surface area contributed by atoms with Crippen LogP contribution in [0.4, 0.5) is 0 Å². The lowest BCUT2D eigenvalue weighted by atomic mass is 9.84. The summed E-state index contributed by atoms with van der Waals surface area (Å²) < 4.78 is 0. The fourth-order valence-corrected chi connectivity index (χ4v) is 3.18. The molecule has 0 nitrogen and oxygen atoms in total. The summed E-state index contributed by atoms with van der Waals surface area (Å²) in [5, 5.41) is -0.205. The molecular weight excluding hydrogens is 386 g/mol. The molecule has 0 aliphatic heterocycles. The molecule has 2 heteroatoms. The monoisotopic (exact) mass is 403 g/mol. The van der Waals surface area contributed by atoms with Gasteiger partial charge in [-0.1, -0.05) is 91.0 Å². The lowest BCUT2D eigenvalue weighted by molar-refractivity contribution is -0.00000378. The maximum Gasteiger partial charge on any atom is 0.0591 e. The van der Waals surface area contributed by atoms with E-state index in [4.69, 9.17) is 0 Å². The summed E-state index contributed by atoms with van der Waals surface area (Å²) in [4.78, 5) is 0. The molecule has 0 saturated heterocycles. The second-order valence-electron chi connectivity index (χ2n) is 4.91. The second-order valence-corrected chi connectivity index (χ2v) is 5.77. The topological polar surface area (TPSA) is 0 Å². The van der Waals surface area contributed by atoms with Crippen molar-refractivity contribution in [2.75, 3.05) is 0 Å². The Hall–Kier alpha value is -1.18. The maximum absolute atomic E-state index is 3.06. The Morgan fingerprint density at radius 2 is 0.714 bits per heavy atom. The van der Waals surface area contributed by atoms with Gasteiger partial charge >= 0.3 is 0 Å². The van der Waals surface area contributed by atoms with Crippen molar-refractivity contribution >= 4 is 9.24 Å². The molecule has 0 amide bonds. The summed E-state index contributed by atoms with van der Waals surface area (Å²) in [6, 6.07) is 31.9. The predicted octanol–water partition coefficient (Wildman–Crippen LogP) is 1.86. The Balaban J connectivity index is 0.00000161. The van der Waals surface area contributed by atoms with Crippen LogP contribution < -0.4 is 24.0 Å². The van der Waals surface area contributed by atoms with Gasteiger partial charge in [0.2, 0.25) is 0 Å². The molecule has 0 spiro atoms. The number of halogens is 1. The molecule has 0 aliphatic carbocycles. The molecule has 0 aliphatic rings. The molecule has 21 heavy (non-hydrogen) atoms. The Labute approximate surface area is 145 Å². The minimum Gasteiger partial charge on any atom is -1.00 e. The summed E-state index contributed by atoms with van der Waals surface area (Å²) >= 11 is 0. The van der Waals surface area contributed by atoms with Gasteiger partial charge in [-0.05, 0) is 16.7 Å². The van der Waals surface area contributed by atoms with E-state index in [0.717, 1.165) is 0 Å². The third-order valence-electron chi connectivity index (χ3n) is 3.69. The zero-order chi connectivity index (χ0) is 13.8. The summed E-state index contributed by atoms with van der Waals surface area (Å²) in [7, 11) is 3.06. The van der Waals surface area contributed by atoms with Crippen molar-refractivity contribution in [1.82, 2.24) is 0 Å². The Morgan fingerprint density at radius 1 is 0.476 bits per heavy atom. The molecule has 1 atom stereocenters. The first kappa shape index (κ1) is 16.2. The molecular formula is C19H17IP-. The van der Waals surface area contributed by atoms with Crippen LogP contribution in [0.2, 0.25) is 0 Å². The molecule has 0 fully saturated rings. The van der Waals surface area contributed by atoms with E-state index in [2.05, 4.69) is 100 Å². The molecule has 0 N–H and O–H groups in total. The highest BCUT2D eigenvalue weighted by molar-refractivity contribution is 7.19. The molecule has 0 heterocycles. The van der Waals surface area contributed by atoms with Crippen LogP contribution in [-0.4, -0.2) is 0 Å². The zero-order valence-electron chi connectivity index (χ0n) is 11.6. The van der Waals surface area contributed by atoms with Gasteiger partial charge in [-0.15, -0.1) is 9.24 Å². The highest BCUT2D eigenvalue weighted by Crippen LogP contribution is 2.44. The van der Waals surface area contributed by atoms with Crippen LogP contribution in [0, 0.1) is 0 Å². The van der Waals surface area contributed by atoms with E-state index >= 15 is 0 Å². The van der Waals surface area contributed by atoms with Gasteiger partial charge < -0.3 is 24.0 Å². The Kier molecular flexibility index (Phi) is 5.55. The summed E-state index contributed by atoms with van der Waals surface area (Å²) in [6.45, 7) is 0. The predicted molar refractivity (Wildman–Crippen MR) is 88.9 cm³/mol. The first-order valence-electron chi connectivity index (χ1n) is 6.77. The first-order valence-corrected chi connectivity index (χ1v) is 7.35. The van der Waals surface area contributed by atoms with Crippen molar-refractivity contribution in [2.45, 2.75) is 5.16 Å². The summed E-state index contributed by atoms with van der Waals surface area (Å²) in [6.07, 6.45) is 0. The van der Waals surface area contributed by atoms with Gasteiger partial charge in [0.15, 0.2) is 0 Å². The fourth-order valence-electron chi connectivity index (χ4n) is 2.60. The molecule has 0 saturated carbocycles. The van der Waals surface area contributed by atoms with Gasteiger partial charge in [-0.3, -0.25) is 0 Å². The van der Waals surface area contributed by atoms with Gasteiger partial charge in [-0.25, -0.2) is 0 Å². The molecule has 3 aromatic rings. The molecule has 3 aromatic carbocycles. The molecule has 0 aromatic heterocycles. The van der Waals surface area contributed by atoms with E-state index in [0.29, 0.717) is 0 Å². The molecule has 0 radical (unpaired) electrons. The van der Waals surface area contributed by atoms with E-state index in [1.165, 1.54) is 16.7 Å². The smallest absolute Gasteiger partial charge is 0.0591 e. The van der Waals surface area contributed by atoms with Crippen LogP contribution >= 0.6 is 9.24 Å². The van der Waals surface area contributed by atoms with Gasteiger partial charge in [0.05, 0.1) is 5.16 Å². The van der Waals surface area contributed by atoms with Crippen LogP contribution in [0.3, 0.4) is 0 Å². The minimum absolute atomic E-state index is 0. The first-order chi connectivity index (χ1) is 9.82. The lowest BCUT2D eigenvalue weighted by Crippen LogP contribution is -3.00. The van der Waals surface area contributed by atoms with Crippen molar-refractivity contribution < 1.29 is 24.0 Å². The van der Waals surface area contributed by atoms with Crippen molar-refractivity contribution in [3.05, 3.63) is 108 Å². The number of hydrogen-bond acceptors (Lipinski definition) is 0. The average Bonchev–Trinajstić information content (AvgIpc) is 2.56. The highest BCUT2D eigenvalue weighted by Gasteiger charge is 2.30. The van der Waals surface area contributed by atoms with Crippen molar-refractivity contribution in [3.8, 4) is 0 Å². The largest absolute Gasteiger partial charge is 1.00 e. The van der Waals surface area contributed by atoms with E-state index in [1.54, 1.807) is 0 Å². The van der Waals surface area contributed by atoms with Crippen molar-refractivity contribution in [2.24, 2.45) is 0 Å². The summed E-state index contributed by atoms with van der Waals surface area (Å²) in [5.41, 5.74) is 3.84. The normalized spacial score (nSPS) is 10.7. The van der Waals surface area contributed by atoms with Crippen LogP contribution in [0.25, 0.3) is 0 Å². The molecule has 0 bridgehead atoms. The SMILES string of the molecule is PC(c1ccccc1)(c1ccccc1)c1ccccc1.[I-]. The van der Waals surface area contributed by atoms with Crippen LogP contribution in [0.1, 0.15) is 16.7 Å². The van der Waals surface area contributed by atoms with E-state index in [1.807, 2.05) is 0 Å². The Morgan fingerprint density at radius 3 is 0.952 bits per heavy atom. The number of rotatable bonds is 3. The zero-order valence-corrected chi connectivity index (χ0v) is 14.9. The Bertz CT molecular complexity index is 569. The lowest BCUT2D eigenvalue weighted by Gasteiger charge is -2.31. The molecule has 1 unspecified atom stereocenters. The third-order valence-corrected chi connectivity index (χ3v) is 4.69. The minimum atomic E-state index is -0.205. The van der Waals surface area contributed by atoms with Crippen LogP contribution in [0.5, 0.6) is 0 Å². The van der Waals surface area contributed by atoms with Crippen LogP contribution in [0.15, 0.2) is 91.0 Å². The fraction of sp³-hybridized carbons (Fsp3) is 0.0526. The highest BCUT2D eigenvalue weighted by atomic mass is 127. The third kappa shape index (κ3) is 3.20. The van der Waals surface area contributed by atoms with Gasteiger partial charge in [-0.2, -0.15) is 0 Å². The average molecular weight is 403 g/mol. The van der Waals surface area contributed by atoms with Gasteiger partial charge in [0.1, 0.15) is 0 Å².